The second-order valence-electron chi connectivity index (χ2n) is 10.8. The van der Waals surface area contributed by atoms with Crippen LogP contribution in [0.1, 0.15) is 60.8 Å². The molecule has 218 valence electrons. The summed E-state index contributed by atoms with van der Waals surface area (Å²) in [4.78, 5) is 14.2. The number of urea groups is 1. The van der Waals surface area contributed by atoms with Crippen LogP contribution in [0.15, 0.2) is 72.8 Å². The first kappa shape index (κ1) is 29.5. The molecule has 3 atom stereocenters. The molecule has 0 aromatic heterocycles. The Morgan fingerprint density at radius 2 is 1.63 bits per heavy atom. The lowest BCUT2D eigenvalue weighted by molar-refractivity contribution is -0.253. The molecule has 41 heavy (non-hydrogen) atoms. The minimum absolute atomic E-state index is 0.00580. The lowest BCUT2D eigenvalue weighted by atomic mass is 9.84. The van der Waals surface area contributed by atoms with Gasteiger partial charge in [0.2, 0.25) is 0 Å². The third kappa shape index (κ3) is 7.46. The molecule has 2 aliphatic heterocycles. The molecule has 2 saturated heterocycles. The Bertz CT molecular complexity index is 1280. The van der Waals surface area contributed by atoms with Crippen molar-refractivity contribution in [3.63, 3.8) is 0 Å². The van der Waals surface area contributed by atoms with Crippen LogP contribution in [0.25, 0.3) is 0 Å². The van der Waals surface area contributed by atoms with Gasteiger partial charge in [0, 0.05) is 48.9 Å². The molecule has 3 aromatic rings. The monoisotopic (exact) mass is 579 g/mol. The predicted octanol–water partition coefficient (Wildman–Crippen LogP) is 5.50. The number of carbonyl (C=O) groups excluding carboxylic acids is 1. The van der Waals surface area contributed by atoms with Crippen LogP contribution in [-0.2, 0) is 21.7 Å². The molecule has 0 unspecified atom stereocenters. The van der Waals surface area contributed by atoms with Gasteiger partial charge in [-0.2, -0.15) is 0 Å². The van der Waals surface area contributed by atoms with E-state index >= 15 is 0 Å². The van der Waals surface area contributed by atoms with Crippen molar-refractivity contribution in [1.82, 2.24) is 10.2 Å². The van der Waals surface area contributed by atoms with Gasteiger partial charge >= 0.3 is 6.03 Å². The van der Waals surface area contributed by atoms with Crippen molar-refractivity contribution in [2.45, 2.75) is 56.9 Å². The number of aliphatic hydroxyl groups is 2. The minimum atomic E-state index is -0.860. The van der Waals surface area contributed by atoms with Crippen LogP contribution < -0.4 is 10.6 Å². The third-order valence-corrected chi connectivity index (χ3v) is 8.17. The molecule has 3 aromatic carbocycles. The summed E-state index contributed by atoms with van der Waals surface area (Å²) in [7, 11) is 0. The SMILES string of the molecule is CCNC(=O)Nc1ccc([C@H]2O[C@@H](CN3CCC(O)(c4ccc(Cl)cc4)CC3)C[C@@H](c3ccc(CO)cc3)O2)cc1. The summed E-state index contributed by atoms with van der Waals surface area (Å²) in [5, 5.41) is 27.0. The van der Waals surface area contributed by atoms with Gasteiger partial charge in [0.25, 0.3) is 0 Å². The van der Waals surface area contributed by atoms with Gasteiger partial charge in [-0.25, -0.2) is 4.79 Å². The van der Waals surface area contributed by atoms with Gasteiger partial charge in [0.15, 0.2) is 6.29 Å². The normalized spacial score (nSPS) is 22.7. The maximum atomic E-state index is 11.9. The molecule has 2 heterocycles. The average molecular weight is 580 g/mol. The van der Waals surface area contributed by atoms with Crippen molar-refractivity contribution in [2.24, 2.45) is 0 Å². The van der Waals surface area contributed by atoms with E-state index in [1.54, 1.807) is 0 Å². The maximum Gasteiger partial charge on any atom is 0.319 e. The minimum Gasteiger partial charge on any atom is -0.392 e. The number of hydrogen-bond acceptors (Lipinski definition) is 6. The smallest absolute Gasteiger partial charge is 0.319 e. The second-order valence-corrected chi connectivity index (χ2v) is 11.2. The standard InChI is InChI=1S/C32H38ClN3O5/c1-2-34-31(38)35-27-13-7-24(8-14-27)30-40-28(19-29(41-30)23-5-3-22(21-37)4-6-23)20-36-17-15-32(39,16-18-36)25-9-11-26(33)12-10-25/h3-14,28-30,37,39H,2,15-21H2,1H3,(H2,34,35,38)/t28-,29+,30+/m1/s1. The van der Waals surface area contributed by atoms with Crippen LogP contribution in [0.4, 0.5) is 10.5 Å². The van der Waals surface area contributed by atoms with E-state index in [1.165, 1.54) is 0 Å². The first-order valence-corrected chi connectivity index (χ1v) is 14.6. The molecule has 8 nitrogen and oxygen atoms in total. The Morgan fingerprint density at radius 3 is 2.27 bits per heavy atom. The van der Waals surface area contributed by atoms with Gasteiger partial charge in [-0.05, 0) is 60.7 Å². The van der Waals surface area contributed by atoms with Gasteiger partial charge in [-0.3, -0.25) is 0 Å². The fourth-order valence-corrected chi connectivity index (χ4v) is 5.66. The molecule has 5 rings (SSSR count). The van der Waals surface area contributed by atoms with Gasteiger partial charge in [0.1, 0.15) is 0 Å². The molecule has 2 fully saturated rings. The largest absolute Gasteiger partial charge is 0.392 e. The van der Waals surface area contributed by atoms with Crippen LogP contribution in [0.3, 0.4) is 0 Å². The average Bonchev–Trinajstić information content (AvgIpc) is 2.99. The van der Waals surface area contributed by atoms with Gasteiger partial charge < -0.3 is 35.2 Å². The summed E-state index contributed by atoms with van der Waals surface area (Å²) < 4.78 is 13.0. The first-order chi connectivity index (χ1) is 19.8. The zero-order chi connectivity index (χ0) is 28.8. The molecule has 9 heteroatoms. The Morgan fingerprint density at radius 1 is 0.976 bits per heavy atom. The van der Waals surface area contributed by atoms with E-state index in [-0.39, 0.29) is 24.8 Å². The molecule has 2 aliphatic rings. The molecule has 4 N–H and O–H groups in total. The van der Waals surface area contributed by atoms with Crippen LogP contribution in [-0.4, -0.2) is 53.4 Å². The quantitative estimate of drug-likeness (QED) is 0.281. The number of rotatable bonds is 8. The zero-order valence-corrected chi connectivity index (χ0v) is 24.0. The van der Waals surface area contributed by atoms with Crippen LogP contribution in [0.2, 0.25) is 5.02 Å². The summed E-state index contributed by atoms with van der Waals surface area (Å²) in [5.41, 5.74) is 3.48. The van der Waals surface area contributed by atoms with Crippen molar-refractivity contribution < 1.29 is 24.5 Å². The molecule has 0 bridgehead atoms. The number of nitrogens with zero attached hydrogens (tertiary/aromatic N) is 1. The number of likely N-dealkylation sites (tertiary alicyclic amines) is 1. The highest BCUT2D eigenvalue weighted by atomic mass is 35.5. The molecule has 2 amide bonds. The summed E-state index contributed by atoms with van der Waals surface area (Å²) in [6, 6.07) is 22.6. The van der Waals surface area contributed by atoms with Gasteiger partial charge in [-0.15, -0.1) is 0 Å². The van der Waals surface area contributed by atoms with E-state index in [4.69, 9.17) is 21.1 Å². The van der Waals surface area contributed by atoms with Crippen molar-refractivity contribution >= 4 is 23.3 Å². The van der Waals surface area contributed by atoms with E-state index in [2.05, 4.69) is 15.5 Å². The van der Waals surface area contributed by atoms with E-state index in [9.17, 15) is 15.0 Å². The number of anilines is 1. The Balaban J connectivity index is 1.28. The molecular weight excluding hydrogens is 542 g/mol. The first-order valence-electron chi connectivity index (χ1n) is 14.2. The number of piperidine rings is 1. The molecular formula is C32H38ClN3O5. The number of ether oxygens (including phenoxy) is 2. The number of nitrogens with one attached hydrogen (secondary N) is 2. The lowest BCUT2D eigenvalue weighted by Crippen LogP contribution is -2.46. The predicted molar refractivity (Wildman–Crippen MR) is 159 cm³/mol. The second kappa shape index (κ2) is 13.3. The third-order valence-electron chi connectivity index (χ3n) is 7.92. The summed E-state index contributed by atoms with van der Waals surface area (Å²) >= 11 is 6.05. The van der Waals surface area contributed by atoms with E-state index in [0.717, 1.165) is 41.9 Å². The fourth-order valence-electron chi connectivity index (χ4n) is 5.53. The van der Waals surface area contributed by atoms with E-state index < -0.39 is 11.9 Å². The maximum absolute atomic E-state index is 11.9. The van der Waals surface area contributed by atoms with Gasteiger partial charge in [-0.1, -0.05) is 60.1 Å². The highest BCUT2D eigenvalue weighted by Gasteiger charge is 2.37. The highest BCUT2D eigenvalue weighted by molar-refractivity contribution is 6.30. The molecule has 0 spiro atoms. The Kier molecular flexibility index (Phi) is 9.60. The number of aliphatic hydroxyl groups excluding tert-OH is 1. The summed E-state index contributed by atoms with van der Waals surface area (Å²) in [5.74, 6) is 0. The Labute approximate surface area is 246 Å². The van der Waals surface area contributed by atoms with E-state index in [0.29, 0.717) is 36.5 Å². The number of carbonyl (C=O) groups is 1. The Hall–Kier alpha value is -2.98. The topological polar surface area (TPSA) is 103 Å². The molecule has 0 radical (unpaired) electrons. The molecule has 0 saturated carbocycles. The van der Waals surface area contributed by atoms with Crippen molar-refractivity contribution in [3.8, 4) is 0 Å². The van der Waals surface area contributed by atoms with Crippen molar-refractivity contribution in [3.05, 3.63) is 100 Å². The summed E-state index contributed by atoms with van der Waals surface area (Å²) in [6.45, 7) is 4.63. The number of hydrogen-bond donors (Lipinski definition) is 4. The van der Waals surface area contributed by atoms with E-state index in [1.807, 2.05) is 79.7 Å². The van der Waals surface area contributed by atoms with Crippen LogP contribution in [0, 0.1) is 0 Å². The number of amides is 2. The highest BCUT2D eigenvalue weighted by Crippen LogP contribution is 2.39. The summed E-state index contributed by atoms with van der Waals surface area (Å²) in [6.07, 6.45) is 1.09. The number of benzene rings is 3. The van der Waals surface area contributed by atoms with Crippen LogP contribution in [0.5, 0.6) is 0 Å². The van der Waals surface area contributed by atoms with Crippen LogP contribution >= 0.6 is 11.6 Å². The van der Waals surface area contributed by atoms with Gasteiger partial charge in [0.05, 0.1) is 24.4 Å². The molecule has 0 aliphatic carbocycles. The van der Waals surface area contributed by atoms with Crippen molar-refractivity contribution in [2.75, 3.05) is 31.5 Å². The number of halogens is 1. The zero-order valence-electron chi connectivity index (χ0n) is 23.3. The fraction of sp³-hybridized carbons (Fsp3) is 0.406. The van der Waals surface area contributed by atoms with Crippen molar-refractivity contribution in [1.29, 1.82) is 0 Å². The lowest BCUT2D eigenvalue weighted by Gasteiger charge is -2.42.